The molecule has 0 fully saturated rings. The van der Waals surface area contributed by atoms with Gasteiger partial charge in [0.2, 0.25) is 5.91 Å². The van der Waals surface area contributed by atoms with Crippen LogP contribution in [0.15, 0.2) is 18.2 Å². The Labute approximate surface area is 79.9 Å². The first kappa shape index (κ1) is 10.6. The summed E-state index contributed by atoms with van der Waals surface area (Å²) in [5, 5.41) is 2.56. The number of likely N-dealkylation sites (N-methyl/N-ethyl adjacent to an activating group) is 1. The van der Waals surface area contributed by atoms with E-state index in [-0.39, 0.29) is 5.56 Å². The van der Waals surface area contributed by atoms with E-state index in [1.807, 2.05) is 0 Å². The molecule has 0 radical (unpaired) electrons. The minimum absolute atomic E-state index is 0.178. The minimum atomic E-state index is -0.875. The molecule has 3 N–H and O–H groups in total. The van der Waals surface area contributed by atoms with Crippen molar-refractivity contribution in [3.63, 3.8) is 0 Å². The molecule has 1 amide bonds. The van der Waals surface area contributed by atoms with Gasteiger partial charge in [-0.15, -0.1) is 0 Å². The maximum atomic E-state index is 12.8. The smallest absolute Gasteiger partial charge is 0.239 e. The van der Waals surface area contributed by atoms with Crippen molar-refractivity contribution in [2.75, 3.05) is 7.05 Å². The van der Waals surface area contributed by atoms with Gasteiger partial charge in [-0.2, -0.15) is 0 Å². The van der Waals surface area contributed by atoms with E-state index in [2.05, 4.69) is 5.32 Å². The molecule has 0 aliphatic rings. The number of carbonyl (C=O) groups is 1. The monoisotopic (exact) mass is 200 g/mol. The third kappa shape index (κ3) is 2.26. The number of hydrogen-bond acceptors (Lipinski definition) is 2. The van der Waals surface area contributed by atoms with Gasteiger partial charge in [-0.25, -0.2) is 8.78 Å². The molecule has 1 aromatic rings. The number of carbonyl (C=O) groups excluding carboxylic acids is 1. The lowest BCUT2D eigenvalue weighted by Gasteiger charge is -2.12. The number of primary amides is 1. The fourth-order valence-corrected chi connectivity index (χ4v) is 1.22. The normalized spacial score (nSPS) is 12.5. The molecule has 0 spiro atoms. The highest BCUT2D eigenvalue weighted by molar-refractivity contribution is 5.81. The lowest BCUT2D eigenvalue weighted by molar-refractivity contribution is -0.120. The summed E-state index contributed by atoms with van der Waals surface area (Å²) in [7, 11) is 1.48. The van der Waals surface area contributed by atoms with Crippen LogP contribution in [0.3, 0.4) is 0 Å². The molecule has 0 aliphatic heterocycles. The van der Waals surface area contributed by atoms with Crippen LogP contribution in [0.2, 0.25) is 0 Å². The third-order valence-electron chi connectivity index (χ3n) is 1.79. The summed E-state index contributed by atoms with van der Waals surface area (Å²) in [5.74, 6) is -2.15. The average molecular weight is 200 g/mol. The van der Waals surface area contributed by atoms with E-state index in [1.165, 1.54) is 7.05 Å². The first-order valence-corrected chi connectivity index (χ1v) is 3.97. The molecule has 0 saturated heterocycles. The van der Waals surface area contributed by atoms with Crippen molar-refractivity contribution >= 4 is 5.91 Å². The summed E-state index contributed by atoms with van der Waals surface area (Å²) >= 11 is 0. The molecule has 76 valence electrons. The largest absolute Gasteiger partial charge is 0.368 e. The van der Waals surface area contributed by atoms with Crippen LogP contribution >= 0.6 is 0 Å². The second-order valence-electron chi connectivity index (χ2n) is 2.83. The topological polar surface area (TPSA) is 55.1 Å². The Hall–Kier alpha value is -1.49. The second-order valence-corrected chi connectivity index (χ2v) is 2.83. The molecule has 0 saturated carbocycles. The fraction of sp³-hybridized carbons (Fsp3) is 0.222. The van der Waals surface area contributed by atoms with Crippen LogP contribution in [-0.4, -0.2) is 13.0 Å². The predicted octanol–water partition coefficient (Wildman–Crippen LogP) is 0.711. The Kier molecular flexibility index (Phi) is 3.14. The van der Waals surface area contributed by atoms with Gasteiger partial charge in [0.05, 0.1) is 0 Å². The number of nitrogens with one attached hydrogen (secondary N) is 1. The van der Waals surface area contributed by atoms with Crippen LogP contribution < -0.4 is 11.1 Å². The van der Waals surface area contributed by atoms with Gasteiger partial charge >= 0.3 is 0 Å². The summed E-state index contributed by atoms with van der Waals surface area (Å²) in [5.41, 5.74) is 5.21. The van der Waals surface area contributed by atoms with Crippen molar-refractivity contribution < 1.29 is 13.6 Å². The van der Waals surface area contributed by atoms with Crippen LogP contribution in [0.5, 0.6) is 0 Å². The van der Waals surface area contributed by atoms with Gasteiger partial charge in [-0.05, 0) is 24.7 Å². The van der Waals surface area contributed by atoms with Crippen molar-refractivity contribution in [2.45, 2.75) is 6.04 Å². The summed E-state index contributed by atoms with van der Waals surface area (Å²) in [6.07, 6.45) is 0. The highest BCUT2D eigenvalue weighted by Crippen LogP contribution is 2.15. The van der Waals surface area contributed by atoms with Crippen molar-refractivity contribution in [1.82, 2.24) is 5.32 Å². The number of rotatable bonds is 3. The molecule has 1 atom stereocenters. The van der Waals surface area contributed by atoms with Crippen LogP contribution in [0, 0.1) is 11.6 Å². The van der Waals surface area contributed by atoms with Gasteiger partial charge in [0, 0.05) is 6.07 Å². The fourth-order valence-electron chi connectivity index (χ4n) is 1.22. The molecule has 0 aromatic heterocycles. The maximum absolute atomic E-state index is 12.8. The molecule has 0 aliphatic carbocycles. The standard InChI is InChI=1S/C9H10F2N2O/c1-13-8(9(12)14)5-2-6(10)4-7(11)3-5/h2-4,8,13H,1H3,(H2,12,14). The molecule has 1 unspecified atom stereocenters. The summed E-state index contributed by atoms with van der Waals surface area (Å²) in [6.45, 7) is 0. The lowest BCUT2D eigenvalue weighted by atomic mass is 10.1. The summed E-state index contributed by atoms with van der Waals surface area (Å²) < 4.78 is 25.5. The average Bonchev–Trinajstić information content (AvgIpc) is 2.02. The molecule has 3 nitrogen and oxygen atoms in total. The quantitative estimate of drug-likeness (QED) is 0.755. The van der Waals surface area contributed by atoms with Crippen molar-refractivity contribution in [1.29, 1.82) is 0 Å². The van der Waals surface area contributed by atoms with E-state index in [0.717, 1.165) is 18.2 Å². The van der Waals surface area contributed by atoms with Crippen molar-refractivity contribution in [3.8, 4) is 0 Å². The zero-order valence-corrected chi connectivity index (χ0v) is 7.55. The van der Waals surface area contributed by atoms with Crippen LogP contribution in [0.1, 0.15) is 11.6 Å². The van der Waals surface area contributed by atoms with Crippen molar-refractivity contribution in [3.05, 3.63) is 35.4 Å². The molecular weight excluding hydrogens is 190 g/mol. The van der Waals surface area contributed by atoms with E-state index >= 15 is 0 Å². The van der Waals surface area contributed by atoms with Gasteiger partial charge in [-0.3, -0.25) is 4.79 Å². The number of hydrogen-bond donors (Lipinski definition) is 2. The number of amides is 1. The zero-order valence-electron chi connectivity index (χ0n) is 7.55. The SMILES string of the molecule is CNC(C(N)=O)c1cc(F)cc(F)c1. The number of nitrogens with two attached hydrogens (primary N) is 1. The Bertz CT molecular complexity index is 334. The third-order valence-corrected chi connectivity index (χ3v) is 1.79. The predicted molar refractivity (Wildman–Crippen MR) is 47.4 cm³/mol. The Balaban J connectivity index is 3.10. The van der Waals surface area contributed by atoms with E-state index in [1.54, 1.807) is 0 Å². The van der Waals surface area contributed by atoms with Gasteiger partial charge in [0.25, 0.3) is 0 Å². The molecule has 1 aromatic carbocycles. The number of halogens is 2. The van der Waals surface area contributed by atoms with E-state index in [9.17, 15) is 13.6 Å². The van der Waals surface area contributed by atoms with Crippen LogP contribution in [-0.2, 0) is 4.79 Å². The lowest BCUT2D eigenvalue weighted by Crippen LogP contribution is -2.31. The molecule has 0 heterocycles. The number of benzene rings is 1. The molecule has 0 bridgehead atoms. The van der Waals surface area contributed by atoms with E-state index in [0.29, 0.717) is 0 Å². The van der Waals surface area contributed by atoms with Gasteiger partial charge < -0.3 is 11.1 Å². The highest BCUT2D eigenvalue weighted by Gasteiger charge is 2.16. The molecular formula is C9H10F2N2O. The second kappa shape index (κ2) is 4.15. The van der Waals surface area contributed by atoms with E-state index < -0.39 is 23.6 Å². The Morgan fingerprint density at radius 3 is 2.21 bits per heavy atom. The van der Waals surface area contributed by atoms with Gasteiger partial charge in [-0.1, -0.05) is 0 Å². The molecule has 1 rings (SSSR count). The highest BCUT2D eigenvalue weighted by atomic mass is 19.1. The van der Waals surface area contributed by atoms with Crippen LogP contribution in [0.4, 0.5) is 8.78 Å². The first-order chi connectivity index (χ1) is 6.54. The minimum Gasteiger partial charge on any atom is -0.368 e. The van der Waals surface area contributed by atoms with E-state index in [4.69, 9.17) is 5.73 Å². The summed E-state index contributed by atoms with van der Waals surface area (Å²) in [6, 6.07) is 1.99. The van der Waals surface area contributed by atoms with Crippen LogP contribution in [0.25, 0.3) is 0 Å². The molecule has 5 heteroatoms. The Morgan fingerprint density at radius 1 is 1.36 bits per heavy atom. The first-order valence-electron chi connectivity index (χ1n) is 3.97. The van der Waals surface area contributed by atoms with Crippen molar-refractivity contribution in [2.24, 2.45) is 5.73 Å². The van der Waals surface area contributed by atoms with Gasteiger partial charge in [0.15, 0.2) is 0 Å². The summed E-state index contributed by atoms with van der Waals surface area (Å²) in [4.78, 5) is 10.9. The maximum Gasteiger partial charge on any atom is 0.239 e. The molecule has 14 heavy (non-hydrogen) atoms. The van der Waals surface area contributed by atoms with Gasteiger partial charge in [0.1, 0.15) is 17.7 Å². The Morgan fingerprint density at radius 2 is 1.86 bits per heavy atom. The zero-order chi connectivity index (χ0) is 10.7.